The molecule has 2 heterocycles. The lowest BCUT2D eigenvalue weighted by molar-refractivity contribution is -0.129. The fourth-order valence-corrected chi connectivity index (χ4v) is 4.58. The molecule has 2 aromatic rings. The summed E-state index contributed by atoms with van der Waals surface area (Å²) in [6, 6.07) is 5.70. The Morgan fingerprint density at radius 1 is 1.13 bits per heavy atom. The summed E-state index contributed by atoms with van der Waals surface area (Å²) in [6.45, 7) is 2.30. The van der Waals surface area contributed by atoms with E-state index in [0.29, 0.717) is 37.8 Å². The smallest absolute Gasteiger partial charge is 0.337 e. The summed E-state index contributed by atoms with van der Waals surface area (Å²) >= 11 is 0. The van der Waals surface area contributed by atoms with E-state index in [1.54, 1.807) is 23.5 Å². The lowest BCUT2D eigenvalue weighted by Crippen LogP contribution is -2.39. The number of methoxy groups -OCH3 is 1. The summed E-state index contributed by atoms with van der Waals surface area (Å²) < 4.78 is 15.7. The molecular formula is C25H29NO5. The molecule has 0 radical (unpaired) electrons. The monoisotopic (exact) mass is 423 g/mol. The van der Waals surface area contributed by atoms with E-state index in [0.717, 1.165) is 35.1 Å². The highest BCUT2D eigenvalue weighted by molar-refractivity contribution is 5.96. The molecule has 1 aliphatic heterocycles. The fourth-order valence-electron chi connectivity index (χ4n) is 4.58. The fraction of sp³-hybridized carbons (Fsp3) is 0.440. The zero-order valence-electron chi connectivity index (χ0n) is 18.0. The lowest BCUT2D eigenvalue weighted by Gasteiger charge is -2.26. The van der Waals surface area contributed by atoms with Crippen LogP contribution in [0.3, 0.4) is 0 Å². The van der Waals surface area contributed by atoms with Gasteiger partial charge in [0.25, 0.3) is 0 Å². The third kappa shape index (κ3) is 4.90. The summed E-state index contributed by atoms with van der Waals surface area (Å²) in [6.07, 6.45) is 12.6. The molecule has 1 saturated heterocycles. The summed E-state index contributed by atoms with van der Waals surface area (Å²) in [4.78, 5) is 26.9. The van der Waals surface area contributed by atoms with E-state index in [4.69, 9.17) is 13.9 Å². The second kappa shape index (κ2) is 9.96. The standard InChI is InChI=1S/C25H29NO5/c1-29-25(28)21-15-19(7-8-23(27)26-10-13-30-14-11-26)24(20-9-12-31-17-20)22(16-21)18-5-3-2-4-6-18/h7-9,12,15-18H,2-6,10-11,13-14H2,1H3/b8-7+. The number of esters is 1. The maximum Gasteiger partial charge on any atom is 0.337 e. The van der Waals surface area contributed by atoms with E-state index in [1.165, 1.54) is 26.4 Å². The van der Waals surface area contributed by atoms with Crippen LogP contribution in [-0.4, -0.2) is 50.2 Å². The van der Waals surface area contributed by atoms with Crippen LogP contribution in [-0.2, 0) is 14.3 Å². The van der Waals surface area contributed by atoms with Gasteiger partial charge in [0.05, 0.1) is 38.4 Å². The van der Waals surface area contributed by atoms with Crippen molar-refractivity contribution in [3.05, 3.63) is 53.5 Å². The van der Waals surface area contributed by atoms with Gasteiger partial charge in [-0.2, -0.15) is 0 Å². The van der Waals surface area contributed by atoms with Crippen molar-refractivity contribution >= 4 is 18.0 Å². The van der Waals surface area contributed by atoms with Crippen molar-refractivity contribution in [1.29, 1.82) is 0 Å². The normalized spacial score (nSPS) is 17.8. The third-order valence-electron chi connectivity index (χ3n) is 6.20. The molecule has 4 rings (SSSR count). The first-order valence-corrected chi connectivity index (χ1v) is 11.0. The first-order chi connectivity index (χ1) is 15.2. The molecule has 0 spiro atoms. The van der Waals surface area contributed by atoms with Gasteiger partial charge in [-0.15, -0.1) is 0 Å². The van der Waals surface area contributed by atoms with Gasteiger partial charge in [0.1, 0.15) is 0 Å². The molecule has 164 valence electrons. The molecular weight excluding hydrogens is 394 g/mol. The van der Waals surface area contributed by atoms with Crippen molar-refractivity contribution in [2.45, 2.75) is 38.0 Å². The molecule has 1 aromatic carbocycles. The molecule has 1 aliphatic carbocycles. The number of carbonyl (C=O) groups excluding carboxylic acids is 2. The minimum atomic E-state index is -0.370. The van der Waals surface area contributed by atoms with Crippen LogP contribution in [0.4, 0.5) is 0 Å². The van der Waals surface area contributed by atoms with Crippen LogP contribution in [0.1, 0.15) is 59.5 Å². The van der Waals surface area contributed by atoms with Gasteiger partial charge in [-0.1, -0.05) is 19.3 Å². The Morgan fingerprint density at radius 3 is 2.58 bits per heavy atom. The van der Waals surface area contributed by atoms with E-state index < -0.39 is 0 Å². The van der Waals surface area contributed by atoms with Gasteiger partial charge in [-0.3, -0.25) is 4.79 Å². The largest absolute Gasteiger partial charge is 0.472 e. The topological polar surface area (TPSA) is 69.0 Å². The number of hydrogen-bond donors (Lipinski definition) is 0. The van der Waals surface area contributed by atoms with Crippen LogP contribution < -0.4 is 0 Å². The van der Waals surface area contributed by atoms with Crippen molar-refractivity contribution in [2.24, 2.45) is 0 Å². The number of morpholine rings is 1. The van der Waals surface area contributed by atoms with Gasteiger partial charge in [0.2, 0.25) is 5.91 Å². The maximum absolute atomic E-state index is 12.7. The van der Waals surface area contributed by atoms with E-state index in [2.05, 4.69) is 0 Å². The Morgan fingerprint density at radius 2 is 1.90 bits per heavy atom. The molecule has 2 fully saturated rings. The van der Waals surface area contributed by atoms with Crippen LogP contribution in [0.25, 0.3) is 17.2 Å². The van der Waals surface area contributed by atoms with Gasteiger partial charge in [0.15, 0.2) is 0 Å². The second-order valence-electron chi connectivity index (χ2n) is 8.14. The summed E-state index contributed by atoms with van der Waals surface area (Å²) in [5.74, 6) is -0.0561. The minimum absolute atomic E-state index is 0.0517. The Kier molecular flexibility index (Phi) is 6.87. The van der Waals surface area contributed by atoms with Crippen molar-refractivity contribution in [3.63, 3.8) is 0 Å². The second-order valence-corrected chi connectivity index (χ2v) is 8.14. The zero-order valence-corrected chi connectivity index (χ0v) is 18.0. The lowest BCUT2D eigenvalue weighted by atomic mass is 9.79. The number of ether oxygens (including phenoxy) is 2. The molecule has 1 amide bonds. The van der Waals surface area contributed by atoms with Gasteiger partial charge in [-0.25, -0.2) is 4.79 Å². The number of furan rings is 1. The zero-order chi connectivity index (χ0) is 21.6. The van der Waals surface area contributed by atoms with Crippen LogP contribution >= 0.6 is 0 Å². The van der Waals surface area contributed by atoms with Crippen molar-refractivity contribution in [3.8, 4) is 11.1 Å². The number of benzene rings is 1. The quantitative estimate of drug-likeness (QED) is 0.517. The Hall–Kier alpha value is -2.86. The first kappa shape index (κ1) is 21.4. The van der Waals surface area contributed by atoms with E-state index in [-0.39, 0.29) is 11.9 Å². The molecule has 0 N–H and O–H groups in total. The Labute approximate surface area is 182 Å². The average molecular weight is 424 g/mol. The summed E-state index contributed by atoms with van der Waals surface area (Å²) in [7, 11) is 1.39. The van der Waals surface area contributed by atoms with Crippen LogP contribution in [0.15, 0.2) is 41.2 Å². The van der Waals surface area contributed by atoms with Crippen molar-refractivity contribution in [1.82, 2.24) is 4.90 Å². The predicted octanol–water partition coefficient (Wildman–Crippen LogP) is 4.65. The number of hydrogen-bond acceptors (Lipinski definition) is 5. The highest BCUT2D eigenvalue weighted by Gasteiger charge is 2.24. The Bertz CT molecular complexity index is 935. The van der Waals surface area contributed by atoms with Crippen LogP contribution in [0, 0.1) is 0 Å². The van der Waals surface area contributed by atoms with E-state index in [1.807, 2.05) is 24.3 Å². The minimum Gasteiger partial charge on any atom is -0.472 e. The summed E-state index contributed by atoms with van der Waals surface area (Å²) in [5.41, 5.74) is 4.44. The number of nitrogens with zero attached hydrogens (tertiary/aromatic N) is 1. The molecule has 1 aromatic heterocycles. The van der Waals surface area contributed by atoms with Gasteiger partial charge < -0.3 is 18.8 Å². The molecule has 1 saturated carbocycles. The van der Waals surface area contributed by atoms with E-state index >= 15 is 0 Å². The first-order valence-electron chi connectivity index (χ1n) is 11.0. The highest BCUT2D eigenvalue weighted by atomic mass is 16.5. The molecule has 0 bridgehead atoms. The third-order valence-corrected chi connectivity index (χ3v) is 6.20. The van der Waals surface area contributed by atoms with Crippen molar-refractivity contribution < 1.29 is 23.5 Å². The highest BCUT2D eigenvalue weighted by Crippen LogP contribution is 2.41. The van der Waals surface area contributed by atoms with Crippen LogP contribution in [0.2, 0.25) is 0 Å². The van der Waals surface area contributed by atoms with Crippen molar-refractivity contribution in [2.75, 3.05) is 33.4 Å². The molecule has 2 aliphatic rings. The van der Waals surface area contributed by atoms with Gasteiger partial charge >= 0.3 is 5.97 Å². The molecule has 6 nitrogen and oxygen atoms in total. The van der Waals surface area contributed by atoms with Crippen LogP contribution in [0.5, 0.6) is 0 Å². The molecule has 31 heavy (non-hydrogen) atoms. The predicted molar refractivity (Wildman–Crippen MR) is 118 cm³/mol. The van der Waals surface area contributed by atoms with E-state index in [9.17, 15) is 9.59 Å². The molecule has 6 heteroatoms. The maximum atomic E-state index is 12.7. The number of rotatable bonds is 5. The van der Waals surface area contributed by atoms with Gasteiger partial charge in [0, 0.05) is 24.7 Å². The summed E-state index contributed by atoms with van der Waals surface area (Å²) in [5, 5.41) is 0. The SMILES string of the molecule is COC(=O)c1cc(/C=C/C(=O)N2CCOCC2)c(-c2ccoc2)c(C2CCCCC2)c1. The average Bonchev–Trinajstić information content (AvgIpc) is 3.37. The van der Waals surface area contributed by atoms with Gasteiger partial charge in [-0.05, 0) is 59.7 Å². The molecule has 0 atom stereocenters. The Balaban J connectivity index is 1.78. The number of amides is 1. The molecule has 0 unspecified atom stereocenters. The number of carbonyl (C=O) groups is 2.